The number of nitrogens with zero attached hydrogens (tertiary/aromatic N) is 2. The van der Waals surface area contributed by atoms with Crippen molar-refractivity contribution in [2.24, 2.45) is 0 Å². The Morgan fingerprint density at radius 3 is 2.50 bits per heavy atom. The number of aryl methyl sites for hydroxylation is 1. The molecule has 0 aliphatic rings. The van der Waals surface area contributed by atoms with Gasteiger partial charge in [-0.25, -0.2) is 4.79 Å². The van der Waals surface area contributed by atoms with Crippen LogP contribution in [-0.4, -0.2) is 26.8 Å². The highest BCUT2D eigenvalue weighted by molar-refractivity contribution is 5.96. The van der Waals surface area contributed by atoms with E-state index >= 15 is 0 Å². The fraction of sp³-hybridized carbons (Fsp3) is 0.267. The predicted octanol–water partition coefficient (Wildman–Crippen LogP) is 3.11. The van der Waals surface area contributed by atoms with Crippen molar-refractivity contribution in [2.45, 2.75) is 26.1 Å². The number of aromatic carboxylic acids is 1. The van der Waals surface area contributed by atoms with Crippen LogP contribution in [-0.2, 0) is 11.0 Å². The van der Waals surface area contributed by atoms with Gasteiger partial charge in [0.1, 0.15) is 6.04 Å². The first kappa shape index (κ1) is 17.5. The Morgan fingerprint density at radius 2 is 1.96 bits per heavy atom. The standard InChI is InChI=1S/C15H14F3N3O3/c1-8-3-4-10(7-11(8)14(23)24)19-13(22)9(2)21-6-5-12(20-21)15(16,17)18/h3-7,9H,1-2H3,(H,19,22)(H,23,24). The maximum atomic E-state index is 12.5. The van der Waals surface area contributed by atoms with Crippen molar-refractivity contribution < 1.29 is 27.9 Å². The minimum absolute atomic E-state index is 0.0268. The lowest BCUT2D eigenvalue weighted by Crippen LogP contribution is -2.24. The molecule has 6 nitrogen and oxygen atoms in total. The van der Waals surface area contributed by atoms with E-state index < -0.39 is 29.8 Å². The number of benzene rings is 1. The number of alkyl halides is 3. The molecular weight excluding hydrogens is 327 g/mol. The van der Waals surface area contributed by atoms with Gasteiger partial charge in [-0.05, 0) is 37.6 Å². The Balaban J connectivity index is 2.16. The molecule has 0 radical (unpaired) electrons. The number of rotatable bonds is 4. The second-order valence-corrected chi connectivity index (χ2v) is 5.18. The summed E-state index contributed by atoms with van der Waals surface area (Å²) in [4.78, 5) is 23.2. The lowest BCUT2D eigenvalue weighted by molar-refractivity contribution is -0.141. The number of hydrogen-bond donors (Lipinski definition) is 2. The molecule has 0 aliphatic carbocycles. The molecule has 2 aromatic rings. The van der Waals surface area contributed by atoms with E-state index in [0.29, 0.717) is 5.56 Å². The quantitative estimate of drug-likeness (QED) is 0.895. The first-order valence-corrected chi connectivity index (χ1v) is 6.86. The van der Waals surface area contributed by atoms with Gasteiger partial charge in [-0.3, -0.25) is 9.48 Å². The first-order valence-electron chi connectivity index (χ1n) is 6.86. The second-order valence-electron chi connectivity index (χ2n) is 5.18. The number of carboxylic acids is 1. The van der Waals surface area contributed by atoms with E-state index in [4.69, 9.17) is 5.11 Å². The van der Waals surface area contributed by atoms with Gasteiger partial charge >= 0.3 is 12.1 Å². The van der Waals surface area contributed by atoms with E-state index in [2.05, 4.69) is 10.4 Å². The van der Waals surface area contributed by atoms with Crippen molar-refractivity contribution >= 4 is 17.6 Å². The fourth-order valence-corrected chi connectivity index (χ4v) is 2.00. The largest absolute Gasteiger partial charge is 0.478 e. The Labute approximate surface area is 134 Å². The van der Waals surface area contributed by atoms with Crippen molar-refractivity contribution in [3.8, 4) is 0 Å². The molecule has 0 saturated carbocycles. The molecule has 1 unspecified atom stereocenters. The Kier molecular flexibility index (Phi) is 4.63. The predicted molar refractivity (Wildman–Crippen MR) is 78.7 cm³/mol. The summed E-state index contributed by atoms with van der Waals surface area (Å²) >= 11 is 0. The average molecular weight is 341 g/mol. The van der Waals surface area contributed by atoms with Gasteiger partial charge in [0.2, 0.25) is 5.91 Å². The summed E-state index contributed by atoms with van der Waals surface area (Å²) in [5.74, 6) is -1.76. The molecule has 9 heteroatoms. The van der Waals surface area contributed by atoms with Crippen LogP contribution in [0.2, 0.25) is 0 Å². The molecule has 0 bridgehead atoms. The van der Waals surface area contributed by atoms with E-state index in [1.54, 1.807) is 6.92 Å². The molecule has 2 N–H and O–H groups in total. The van der Waals surface area contributed by atoms with Gasteiger partial charge in [-0.15, -0.1) is 0 Å². The van der Waals surface area contributed by atoms with Crippen molar-refractivity contribution in [1.29, 1.82) is 0 Å². The zero-order valence-electron chi connectivity index (χ0n) is 12.8. The highest BCUT2D eigenvalue weighted by Crippen LogP contribution is 2.28. The summed E-state index contributed by atoms with van der Waals surface area (Å²) in [5.41, 5.74) is -0.307. The Bertz CT molecular complexity index is 784. The van der Waals surface area contributed by atoms with Crippen LogP contribution in [0, 0.1) is 6.92 Å². The summed E-state index contributed by atoms with van der Waals surface area (Å²) < 4.78 is 38.5. The Morgan fingerprint density at radius 1 is 1.29 bits per heavy atom. The third-order valence-electron chi connectivity index (χ3n) is 3.41. The van der Waals surface area contributed by atoms with E-state index in [0.717, 1.165) is 16.9 Å². The van der Waals surface area contributed by atoms with Crippen molar-refractivity contribution in [3.63, 3.8) is 0 Å². The van der Waals surface area contributed by atoms with E-state index in [1.807, 2.05) is 0 Å². The van der Waals surface area contributed by atoms with E-state index in [-0.39, 0.29) is 11.3 Å². The number of nitrogens with one attached hydrogen (secondary N) is 1. The summed E-state index contributed by atoms with van der Waals surface area (Å²) in [6, 6.07) is 4.09. The van der Waals surface area contributed by atoms with Crippen LogP contribution in [0.3, 0.4) is 0 Å². The SMILES string of the molecule is Cc1ccc(NC(=O)C(C)n2ccc(C(F)(F)F)n2)cc1C(=O)O. The van der Waals surface area contributed by atoms with Crippen LogP contribution in [0.5, 0.6) is 0 Å². The monoisotopic (exact) mass is 341 g/mol. The molecule has 24 heavy (non-hydrogen) atoms. The number of carbonyl (C=O) groups excluding carboxylic acids is 1. The molecule has 0 spiro atoms. The topological polar surface area (TPSA) is 84.2 Å². The molecule has 1 aromatic carbocycles. The molecule has 2 rings (SSSR count). The van der Waals surface area contributed by atoms with Crippen molar-refractivity contribution in [1.82, 2.24) is 9.78 Å². The number of hydrogen-bond acceptors (Lipinski definition) is 3. The third kappa shape index (κ3) is 3.73. The van der Waals surface area contributed by atoms with Crippen molar-refractivity contribution in [3.05, 3.63) is 47.3 Å². The average Bonchev–Trinajstić information content (AvgIpc) is 2.98. The maximum Gasteiger partial charge on any atom is 0.435 e. The number of carbonyl (C=O) groups is 2. The van der Waals surface area contributed by atoms with Gasteiger partial charge < -0.3 is 10.4 Å². The van der Waals surface area contributed by atoms with Gasteiger partial charge in [0.15, 0.2) is 5.69 Å². The number of aromatic nitrogens is 2. The second kappa shape index (κ2) is 6.34. The molecule has 0 fully saturated rings. The van der Waals surface area contributed by atoms with Gasteiger partial charge in [-0.1, -0.05) is 6.07 Å². The molecule has 1 heterocycles. The Hall–Kier alpha value is -2.84. The maximum absolute atomic E-state index is 12.5. The number of anilines is 1. The highest BCUT2D eigenvalue weighted by atomic mass is 19.4. The molecule has 128 valence electrons. The minimum atomic E-state index is -4.59. The molecule has 0 aliphatic heterocycles. The molecular formula is C15H14F3N3O3. The summed E-state index contributed by atoms with van der Waals surface area (Å²) in [6.45, 7) is 2.99. The van der Waals surface area contributed by atoms with Crippen LogP contribution in [0.15, 0.2) is 30.5 Å². The number of halogens is 3. The lowest BCUT2D eigenvalue weighted by atomic mass is 10.1. The molecule has 0 saturated heterocycles. The fourth-order valence-electron chi connectivity index (χ4n) is 2.00. The summed E-state index contributed by atoms with van der Waals surface area (Å²) in [6.07, 6.45) is -3.53. The van der Waals surface area contributed by atoms with Crippen LogP contribution in [0.1, 0.15) is 34.6 Å². The molecule has 1 atom stereocenters. The summed E-state index contributed by atoms with van der Waals surface area (Å²) in [7, 11) is 0. The third-order valence-corrected chi connectivity index (χ3v) is 3.41. The van der Waals surface area contributed by atoms with E-state index in [9.17, 15) is 22.8 Å². The molecule has 1 aromatic heterocycles. The first-order chi connectivity index (χ1) is 11.1. The van der Waals surface area contributed by atoms with E-state index in [1.165, 1.54) is 25.1 Å². The van der Waals surface area contributed by atoms with Crippen LogP contribution in [0.4, 0.5) is 18.9 Å². The zero-order chi connectivity index (χ0) is 18.1. The van der Waals surface area contributed by atoms with Gasteiger partial charge in [-0.2, -0.15) is 18.3 Å². The minimum Gasteiger partial charge on any atom is -0.478 e. The lowest BCUT2D eigenvalue weighted by Gasteiger charge is -2.14. The van der Waals surface area contributed by atoms with Crippen LogP contribution >= 0.6 is 0 Å². The smallest absolute Gasteiger partial charge is 0.435 e. The summed E-state index contributed by atoms with van der Waals surface area (Å²) in [5, 5.41) is 14.9. The normalized spacial score (nSPS) is 12.7. The number of carboxylic acid groups (broad SMARTS) is 1. The molecule has 1 amide bonds. The zero-order valence-corrected chi connectivity index (χ0v) is 12.8. The van der Waals surface area contributed by atoms with Gasteiger partial charge in [0.25, 0.3) is 0 Å². The van der Waals surface area contributed by atoms with Crippen LogP contribution in [0.25, 0.3) is 0 Å². The number of amides is 1. The van der Waals surface area contributed by atoms with Gasteiger partial charge in [0.05, 0.1) is 5.56 Å². The van der Waals surface area contributed by atoms with Gasteiger partial charge in [0, 0.05) is 11.9 Å². The van der Waals surface area contributed by atoms with Crippen LogP contribution < -0.4 is 5.32 Å². The highest BCUT2D eigenvalue weighted by Gasteiger charge is 2.34. The van der Waals surface area contributed by atoms with Crippen molar-refractivity contribution in [2.75, 3.05) is 5.32 Å².